The average molecular weight is 250 g/mol. The van der Waals surface area contributed by atoms with Crippen molar-refractivity contribution in [2.45, 2.75) is 26.3 Å². The molecule has 1 N–H and O–H groups in total. The van der Waals surface area contributed by atoms with Gasteiger partial charge in [0.15, 0.2) is 0 Å². The summed E-state index contributed by atoms with van der Waals surface area (Å²) in [5.41, 5.74) is 0.725. The molecule has 94 valence electrons. The molecule has 1 saturated heterocycles. The Bertz CT molecular complexity index is 313. The fraction of sp³-hybridized carbons (Fsp3) is 0.889. The van der Waals surface area contributed by atoms with E-state index in [0.29, 0.717) is 13.0 Å². The highest BCUT2D eigenvalue weighted by molar-refractivity contribution is 7.51. The molecular weight excluding hydrogens is 231 g/mol. The molecule has 0 spiro atoms. The molecule has 0 bridgehead atoms. The summed E-state index contributed by atoms with van der Waals surface area (Å²) in [5, 5.41) is 12.1. The molecule has 7 heteroatoms. The SMILES string of the molecule is COP(=O)(OC)N1C[C@@H](C)/C(=N\O)C[C@H]1C. The largest absolute Gasteiger partial charge is 0.411 e. The van der Waals surface area contributed by atoms with Crippen molar-refractivity contribution in [1.82, 2.24) is 4.67 Å². The second-order valence-electron chi connectivity index (χ2n) is 4.00. The normalized spacial score (nSPS) is 30.9. The molecule has 0 aromatic heterocycles. The van der Waals surface area contributed by atoms with Gasteiger partial charge in [-0.15, -0.1) is 0 Å². The molecular formula is C9H19N2O4P. The molecule has 1 rings (SSSR count). The van der Waals surface area contributed by atoms with Gasteiger partial charge in [0.05, 0.1) is 5.71 Å². The Morgan fingerprint density at radius 1 is 1.44 bits per heavy atom. The lowest BCUT2D eigenvalue weighted by Gasteiger charge is -2.39. The summed E-state index contributed by atoms with van der Waals surface area (Å²) in [6.45, 7) is 4.32. The van der Waals surface area contributed by atoms with Crippen LogP contribution >= 0.6 is 7.75 Å². The maximum absolute atomic E-state index is 12.2. The van der Waals surface area contributed by atoms with Gasteiger partial charge in [0, 0.05) is 39.1 Å². The van der Waals surface area contributed by atoms with Crippen LogP contribution < -0.4 is 0 Å². The van der Waals surface area contributed by atoms with Gasteiger partial charge in [-0.25, -0.2) is 9.24 Å². The first-order chi connectivity index (χ1) is 7.48. The van der Waals surface area contributed by atoms with Gasteiger partial charge >= 0.3 is 7.75 Å². The van der Waals surface area contributed by atoms with Crippen molar-refractivity contribution < 1.29 is 18.8 Å². The number of hydrogen-bond donors (Lipinski definition) is 1. The molecule has 1 aliphatic heterocycles. The Kier molecular flexibility index (Phi) is 4.50. The maximum atomic E-state index is 12.2. The lowest BCUT2D eigenvalue weighted by Crippen LogP contribution is -2.43. The molecule has 16 heavy (non-hydrogen) atoms. The topological polar surface area (TPSA) is 71.4 Å². The van der Waals surface area contributed by atoms with Crippen molar-refractivity contribution >= 4 is 13.5 Å². The molecule has 0 radical (unpaired) electrons. The van der Waals surface area contributed by atoms with E-state index in [2.05, 4.69) is 5.16 Å². The smallest absolute Gasteiger partial charge is 0.407 e. The Morgan fingerprint density at radius 2 is 2.00 bits per heavy atom. The Hall–Kier alpha value is -0.420. The Balaban J connectivity index is 2.89. The highest BCUT2D eigenvalue weighted by Gasteiger charge is 2.40. The maximum Gasteiger partial charge on any atom is 0.407 e. The van der Waals surface area contributed by atoms with E-state index in [4.69, 9.17) is 14.3 Å². The zero-order valence-corrected chi connectivity index (χ0v) is 11.0. The number of oxime groups is 1. The highest BCUT2D eigenvalue weighted by Crippen LogP contribution is 2.53. The molecule has 0 amide bonds. The quantitative estimate of drug-likeness (QED) is 0.471. The fourth-order valence-electron chi connectivity index (χ4n) is 1.94. The predicted octanol–water partition coefficient (Wildman–Crippen LogP) is 1.95. The second kappa shape index (κ2) is 5.27. The number of rotatable bonds is 3. The first-order valence-corrected chi connectivity index (χ1v) is 6.67. The molecule has 0 saturated carbocycles. The van der Waals surface area contributed by atoms with E-state index >= 15 is 0 Å². The summed E-state index contributed by atoms with van der Waals surface area (Å²) in [5.74, 6) is 0.0415. The van der Waals surface area contributed by atoms with Crippen molar-refractivity contribution in [3.63, 3.8) is 0 Å². The molecule has 1 fully saturated rings. The number of nitrogens with zero attached hydrogens (tertiary/aromatic N) is 2. The summed E-state index contributed by atoms with van der Waals surface area (Å²) in [7, 11) is -0.446. The minimum Gasteiger partial charge on any atom is -0.411 e. The number of piperidine rings is 1. The van der Waals surface area contributed by atoms with E-state index < -0.39 is 7.75 Å². The van der Waals surface area contributed by atoms with Crippen molar-refractivity contribution in [3.8, 4) is 0 Å². The zero-order valence-electron chi connectivity index (χ0n) is 10.1. The van der Waals surface area contributed by atoms with Gasteiger partial charge in [-0.05, 0) is 6.92 Å². The predicted molar refractivity (Wildman–Crippen MR) is 60.8 cm³/mol. The van der Waals surface area contributed by atoms with Crippen molar-refractivity contribution in [3.05, 3.63) is 0 Å². The van der Waals surface area contributed by atoms with Crippen molar-refractivity contribution in [2.24, 2.45) is 11.1 Å². The minimum absolute atomic E-state index is 0.0344. The van der Waals surface area contributed by atoms with E-state index in [-0.39, 0.29) is 12.0 Å². The second-order valence-corrected chi connectivity index (χ2v) is 6.18. The number of hydrogen-bond acceptors (Lipinski definition) is 5. The van der Waals surface area contributed by atoms with Crippen LogP contribution in [-0.4, -0.2) is 42.4 Å². The summed E-state index contributed by atoms with van der Waals surface area (Å²) in [6.07, 6.45) is 0.564. The van der Waals surface area contributed by atoms with Crippen LogP contribution in [0.15, 0.2) is 5.16 Å². The van der Waals surface area contributed by atoms with Crippen LogP contribution in [0.3, 0.4) is 0 Å². The van der Waals surface area contributed by atoms with E-state index in [1.54, 1.807) is 4.67 Å². The first kappa shape index (κ1) is 13.6. The molecule has 0 unspecified atom stereocenters. The third kappa shape index (κ3) is 2.46. The third-order valence-electron chi connectivity index (χ3n) is 2.95. The zero-order chi connectivity index (χ0) is 12.3. The van der Waals surface area contributed by atoms with Crippen LogP contribution in [0.25, 0.3) is 0 Å². The molecule has 2 atom stereocenters. The van der Waals surface area contributed by atoms with Gasteiger partial charge in [-0.3, -0.25) is 9.05 Å². The standard InChI is InChI=1S/C9H19N2O4P/c1-7-6-11(16(13,14-3)15-4)8(2)5-9(7)10-12/h7-8,12H,5-6H2,1-4H3/b10-9-/t7-,8-/m1/s1. The van der Waals surface area contributed by atoms with Crippen LogP contribution in [0.5, 0.6) is 0 Å². The molecule has 0 aromatic carbocycles. The van der Waals surface area contributed by atoms with Crippen molar-refractivity contribution in [2.75, 3.05) is 20.8 Å². The first-order valence-electron chi connectivity index (χ1n) is 5.18. The molecule has 0 aromatic rings. The van der Waals surface area contributed by atoms with Gasteiger partial charge < -0.3 is 5.21 Å². The fourth-order valence-corrected chi connectivity index (χ4v) is 3.52. The lowest BCUT2D eigenvalue weighted by molar-refractivity contribution is 0.171. The van der Waals surface area contributed by atoms with E-state index in [1.165, 1.54) is 14.2 Å². The summed E-state index contributed by atoms with van der Waals surface area (Å²) >= 11 is 0. The van der Waals surface area contributed by atoms with Gasteiger partial charge in [-0.1, -0.05) is 12.1 Å². The minimum atomic E-state index is -3.19. The van der Waals surface area contributed by atoms with Crippen molar-refractivity contribution in [1.29, 1.82) is 0 Å². The summed E-state index contributed by atoms with van der Waals surface area (Å²) < 4.78 is 23.9. The average Bonchev–Trinajstić information content (AvgIpc) is 2.30. The molecule has 6 nitrogen and oxygen atoms in total. The van der Waals surface area contributed by atoms with Gasteiger partial charge in [0.1, 0.15) is 0 Å². The Labute approximate surface area is 95.8 Å². The molecule has 1 heterocycles. The highest BCUT2D eigenvalue weighted by atomic mass is 31.2. The van der Waals surface area contributed by atoms with E-state index in [0.717, 1.165) is 5.71 Å². The van der Waals surface area contributed by atoms with E-state index in [9.17, 15) is 4.57 Å². The van der Waals surface area contributed by atoms with Gasteiger partial charge in [0.25, 0.3) is 0 Å². The van der Waals surface area contributed by atoms with Gasteiger partial charge in [-0.2, -0.15) is 0 Å². The van der Waals surface area contributed by atoms with Crippen LogP contribution in [0, 0.1) is 5.92 Å². The van der Waals surface area contributed by atoms with Crippen LogP contribution in [0.2, 0.25) is 0 Å². The monoisotopic (exact) mass is 250 g/mol. The summed E-state index contributed by atoms with van der Waals surface area (Å²) in [4.78, 5) is 0. The van der Waals surface area contributed by atoms with Crippen LogP contribution in [-0.2, 0) is 13.6 Å². The summed E-state index contributed by atoms with van der Waals surface area (Å²) in [6, 6.07) is -0.0344. The molecule has 0 aliphatic carbocycles. The van der Waals surface area contributed by atoms with Crippen LogP contribution in [0.1, 0.15) is 20.3 Å². The van der Waals surface area contributed by atoms with E-state index in [1.807, 2.05) is 13.8 Å². The Morgan fingerprint density at radius 3 is 2.44 bits per heavy atom. The van der Waals surface area contributed by atoms with Crippen LogP contribution in [0.4, 0.5) is 0 Å². The lowest BCUT2D eigenvalue weighted by atomic mass is 9.95. The molecule has 1 aliphatic rings. The van der Waals surface area contributed by atoms with Gasteiger partial charge in [0.2, 0.25) is 0 Å². The third-order valence-corrected chi connectivity index (χ3v) is 5.06.